The van der Waals surface area contributed by atoms with Crippen LogP contribution in [0.1, 0.15) is 30.4 Å². The summed E-state index contributed by atoms with van der Waals surface area (Å²) in [7, 11) is 5.56. The van der Waals surface area contributed by atoms with Gasteiger partial charge in [0, 0.05) is 42.1 Å². The molecule has 7 rings (SSSR count). The van der Waals surface area contributed by atoms with E-state index in [2.05, 4.69) is 18.0 Å². The van der Waals surface area contributed by atoms with Crippen molar-refractivity contribution in [3.63, 3.8) is 0 Å². The highest BCUT2D eigenvalue weighted by molar-refractivity contribution is 5.63. The maximum Gasteiger partial charge on any atom is 0.165 e. The molecule has 3 saturated carbocycles. The summed E-state index contributed by atoms with van der Waals surface area (Å²) in [4.78, 5) is 2.47. The molecule has 0 unspecified atom stereocenters. The lowest BCUT2D eigenvalue weighted by atomic mass is 9.34. The second-order valence-electron chi connectivity index (χ2n) is 9.57. The molecule has 1 aromatic rings. The van der Waals surface area contributed by atoms with Gasteiger partial charge >= 0.3 is 0 Å². The Morgan fingerprint density at radius 3 is 2.82 bits per heavy atom. The van der Waals surface area contributed by atoms with Crippen LogP contribution in [0.3, 0.4) is 0 Å². The van der Waals surface area contributed by atoms with Gasteiger partial charge in [-0.2, -0.15) is 0 Å². The Balaban J connectivity index is 1.71. The summed E-state index contributed by atoms with van der Waals surface area (Å²) < 4.78 is 18.5. The number of methoxy groups -OCH3 is 2. The highest BCUT2D eigenvalue weighted by atomic mass is 16.6. The van der Waals surface area contributed by atoms with Crippen molar-refractivity contribution >= 4 is 0 Å². The van der Waals surface area contributed by atoms with Gasteiger partial charge in [-0.25, -0.2) is 0 Å². The lowest BCUT2D eigenvalue weighted by Gasteiger charge is -2.74. The quantitative estimate of drug-likeness (QED) is 0.810. The van der Waals surface area contributed by atoms with Gasteiger partial charge in [-0.05, 0) is 50.9 Å². The van der Waals surface area contributed by atoms with Crippen LogP contribution in [0.2, 0.25) is 0 Å². The maximum absolute atomic E-state index is 11.4. The molecular formula is C22H29NO5. The van der Waals surface area contributed by atoms with Crippen LogP contribution < -0.4 is 9.47 Å². The zero-order chi connectivity index (χ0) is 19.5. The molecule has 4 aliphatic carbocycles. The normalized spacial score (nSPS) is 47.6. The van der Waals surface area contributed by atoms with Gasteiger partial charge in [0.15, 0.2) is 11.5 Å². The van der Waals surface area contributed by atoms with Crippen LogP contribution in [0.4, 0.5) is 0 Å². The highest BCUT2D eigenvalue weighted by Gasteiger charge is 2.82. The Bertz CT molecular complexity index is 860. The monoisotopic (exact) mass is 387 g/mol. The van der Waals surface area contributed by atoms with Gasteiger partial charge in [-0.1, -0.05) is 6.07 Å². The first-order chi connectivity index (χ1) is 13.5. The fourth-order valence-corrected chi connectivity index (χ4v) is 8.27. The Hall–Kier alpha value is -1.34. The number of fused-ring (bicyclic) bond motifs is 2. The van der Waals surface area contributed by atoms with E-state index in [0.29, 0.717) is 12.5 Å². The minimum atomic E-state index is -0.893. The average Bonchev–Trinajstić information content (AvgIpc) is 3.06. The summed E-state index contributed by atoms with van der Waals surface area (Å²) >= 11 is 0. The summed E-state index contributed by atoms with van der Waals surface area (Å²) in [6, 6.07) is 4.54. The first-order valence-corrected chi connectivity index (χ1v) is 10.4. The van der Waals surface area contributed by atoms with Crippen LogP contribution in [-0.4, -0.2) is 73.4 Å². The van der Waals surface area contributed by atoms with Crippen molar-refractivity contribution < 1.29 is 24.4 Å². The van der Waals surface area contributed by atoms with Gasteiger partial charge in [0.05, 0.1) is 13.2 Å². The molecule has 0 amide bonds. The van der Waals surface area contributed by atoms with Gasteiger partial charge < -0.3 is 29.3 Å². The molecule has 7 atom stereocenters. The predicted molar refractivity (Wildman–Crippen MR) is 102 cm³/mol. The molecule has 2 N–H and O–H groups in total. The Morgan fingerprint density at radius 2 is 2.11 bits per heavy atom. The van der Waals surface area contributed by atoms with Gasteiger partial charge in [0.1, 0.15) is 11.7 Å². The van der Waals surface area contributed by atoms with E-state index in [1.54, 1.807) is 14.2 Å². The average molecular weight is 387 g/mol. The zero-order valence-electron chi connectivity index (χ0n) is 16.8. The summed E-state index contributed by atoms with van der Waals surface area (Å²) in [6.45, 7) is 1.00. The molecule has 6 heteroatoms. The molecule has 0 aromatic heterocycles. The molecular weight excluding hydrogens is 358 g/mol. The zero-order valence-corrected chi connectivity index (χ0v) is 16.8. The Morgan fingerprint density at radius 1 is 1.29 bits per heavy atom. The third kappa shape index (κ3) is 1.51. The van der Waals surface area contributed by atoms with Crippen LogP contribution in [-0.2, 0) is 16.6 Å². The van der Waals surface area contributed by atoms with Crippen molar-refractivity contribution in [2.24, 2.45) is 11.3 Å². The standard InChI is InChI=1S/C22H29NO5/c1-23-7-6-21-17-12-4-5-14(26-2)18(17)28-19(21)22(27-3)13(11-24)9-20(21,10-16(22)25)15(23)8-12/h4-5,13,15-16,19,24-25H,6-11H2,1-3H3/t13-,15-,16-,19-,20+,21+,22+/m1/s1. The van der Waals surface area contributed by atoms with Crippen LogP contribution >= 0.6 is 0 Å². The molecule has 1 aromatic carbocycles. The number of ether oxygens (including phenoxy) is 3. The SMILES string of the molecule is COc1ccc2c3c1O[C@H]1[C@]4(OC)[C@@H](CO)C[C@]5(C[C@H]4O)[C@@H](C2)N(C)CC[C@]315. The summed E-state index contributed by atoms with van der Waals surface area (Å²) in [5.74, 6) is 1.46. The first-order valence-electron chi connectivity index (χ1n) is 10.4. The number of hydrogen-bond acceptors (Lipinski definition) is 6. The van der Waals surface area contributed by atoms with E-state index in [1.165, 1.54) is 11.1 Å². The maximum atomic E-state index is 11.4. The molecule has 2 spiro atoms. The molecule has 28 heavy (non-hydrogen) atoms. The minimum absolute atomic E-state index is 0.000633. The smallest absolute Gasteiger partial charge is 0.165 e. The predicted octanol–water partition coefficient (Wildman–Crippen LogP) is 1.10. The van der Waals surface area contributed by atoms with Crippen molar-refractivity contribution in [1.82, 2.24) is 4.90 Å². The summed E-state index contributed by atoms with van der Waals surface area (Å²) in [6.07, 6.45) is 2.53. The number of rotatable bonds is 3. The van der Waals surface area contributed by atoms with Crippen molar-refractivity contribution in [3.05, 3.63) is 23.3 Å². The second-order valence-corrected chi connectivity index (χ2v) is 9.57. The first kappa shape index (κ1) is 17.5. The number of benzene rings is 1. The molecule has 1 saturated heterocycles. The van der Waals surface area contributed by atoms with Gasteiger partial charge in [-0.3, -0.25) is 0 Å². The number of nitrogens with zero attached hydrogens (tertiary/aromatic N) is 1. The number of likely N-dealkylation sites (N-methyl/N-ethyl adjacent to an activating group) is 1. The Labute approximate surface area is 165 Å². The van der Waals surface area contributed by atoms with Crippen molar-refractivity contribution in [3.8, 4) is 11.5 Å². The number of aliphatic hydroxyl groups excluding tert-OH is 2. The lowest BCUT2D eigenvalue weighted by Crippen LogP contribution is -2.84. The van der Waals surface area contributed by atoms with E-state index in [-0.39, 0.29) is 29.5 Å². The van der Waals surface area contributed by atoms with Crippen molar-refractivity contribution in [2.75, 3.05) is 34.4 Å². The van der Waals surface area contributed by atoms with Crippen molar-refractivity contribution in [1.29, 1.82) is 0 Å². The van der Waals surface area contributed by atoms with Crippen molar-refractivity contribution in [2.45, 2.75) is 54.9 Å². The van der Waals surface area contributed by atoms with Crippen LogP contribution in [0, 0.1) is 11.3 Å². The van der Waals surface area contributed by atoms with Gasteiger partial charge in [-0.15, -0.1) is 0 Å². The van der Waals surface area contributed by atoms with Gasteiger partial charge in [0.25, 0.3) is 0 Å². The minimum Gasteiger partial charge on any atom is -0.493 e. The Kier molecular flexibility index (Phi) is 3.27. The largest absolute Gasteiger partial charge is 0.493 e. The third-order valence-electron chi connectivity index (χ3n) is 9.20. The summed E-state index contributed by atoms with van der Waals surface area (Å²) in [5.41, 5.74) is 1.43. The second kappa shape index (κ2) is 5.22. The van der Waals surface area contributed by atoms with E-state index in [0.717, 1.165) is 37.3 Å². The molecule has 2 aliphatic heterocycles. The highest BCUT2D eigenvalue weighted by Crippen LogP contribution is 2.76. The molecule has 0 radical (unpaired) electrons. The van der Waals surface area contributed by atoms with E-state index in [1.807, 2.05) is 6.07 Å². The summed E-state index contributed by atoms with van der Waals surface area (Å²) in [5, 5.41) is 21.7. The van der Waals surface area contributed by atoms with Crippen LogP contribution in [0.5, 0.6) is 11.5 Å². The van der Waals surface area contributed by atoms with Crippen LogP contribution in [0.15, 0.2) is 12.1 Å². The van der Waals surface area contributed by atoms with E-state index < -0.39 is 11.7 Å². The fraction of sp³-hybridized carbons (Fsp3) is 0.727. The van der Waals surface area contributed by atoms with E-state index >= 15 is 0 Å². The molecule has 6 aliphatic rings. The molecule has 4 fully saturated rings. The fourth-order valence-electron chi connectivity index (χ4n) is 8.27. The lowest BCUT2D eigenvalue weighted by molar-refractivity contribution is -0.317. The number of aliphatic hydroxyl groups is 2. The number of piperidine rings is 1. The third-order valence-corrected chi connectivity index (χ3v) is 9.20. The number of likely N-dealkylation sites (tertiary alicyclic amines) is 1. The molecule has 6 nitrogen and oxygen atoms in total. The van der Waals surface area contributed by atoms with E-state index in [9.17, 15) is 10.2 Å². The van der Waals surface area contributed by atoms with E-state index in [4.69, 9.17) is 14.2 Å². The van der Waals surface area contributed by atoms with Crippen LogP contribution in [0.25, 0.3) is 0 Å². The molecule has 2 heterocycles. The van der Waals surface area contributed by atoms with Gasteiger partial charge in [0.2, 0.25) is 0 Å². The molecule has 4 bridgehead atoms. The molecule has 152 valence electrons. The number of hydrogen-bond donors (Lipinski definition) is 2. The topological polar surface area (TPSA) is 71.4 Å².